The van der Waals surface area contributed by atoms with Crippen molar-refractivity contribution in [1.29, 1.82) is 0 Å². The second-order valence-corrected chi connectivity index (χ2v) is 16.7. The van der Waals surface area contributed by atoms with Crippen molar-refractivity contribution in [2.45, 2.75) is 245 Å². The van der Waals surface area contributed by atoms with Crippen molar-refractivity contribution >= 4 is 17.9 Å². The zero-order valence-corrected chi connectivity index (χ0v) is 39.9. The van der Waals surface area contributed by atoms with Gasteiger partial charge in [-0.1, -0.05) is 209 Å². The summed E-state index contributed by atoms with van der Waals surface area (Å²) in [5.74, 6) is -0.906. The second-order valence-electron chi connectivity index (χ2n) is 16.7. The predicted octanol–water partition coefficient (Wildman–Crippen LogP) is 16.6. The molecular formula is C55H94O6. The van der Waals surface area contributed by atoms with Gasteiger partial charge in [-0.05, 0) is 83.5 Å². The number of hydrogen-bond donors (Lipinski definition) is 0. The molecule has 0 amide bonds. The smallest absolute Gasteiger partial charge is 0.306 e. The lowest BCUT2D eigenvalue weighted by Gasteiger charge is -2.18. The molecule has 0 aliphatic carbocycles. The minimum atomic E-state index is -0.780. The Kier molecular flexibility index (Phi) is 46.9. The minimum Gasteiger partial charge on any atom is -0.462 e. The lowest BCUT2D eigenvalue weighted by Crippen LogP contribution is -2.30. The predicted molar refractivity (Wildman–Crippen MR) is 261 cm³/mol. The quantitative estimate of drug-likeness (QED) is 0.0263. The number of ether oxygens (including phenoxy) is 3. The average Bonchev–Trinajstić information content (AvgIpc) is 3.26. The van der Waals surface area contributed by atoms with Crippen LogP contribution in [0.4, 0.5) is 0 Å². The van der Waals surface area contributed by atoms with Gasteiger partial charge < -0.3 is 14.2 Å². The molecule has 61 heavy (non-hydrogen) atoms. The Bertz CT molecular complexity index is 1160. The molecule has 0 aromatic rings. The van der Waals surface area contributed by atoms with Crippen LogP contribution in [0.3, 0.4) is 0 Å². The molecule has 0 aliphatic heterocycles. The molecule has 0 rings (SSSR count). The van der Waals surface area contributed by atoms with Crippen LogP contribution in [0.5, 0.6) is 0 Å². The lowest BCUT2D eigenvalue weighted by molar-refractivity contribution is -0.167. The minimum absolute atomic E-state index is 0.0812. The fourth-order valence-electron chi connectivity index (χ4n) is 6.86. The van der Waals surface area contributed by atoms with E-state index < -0.39 is 6.10 Å². The Labute approximate surface area is 376 Å². The highest BCUT2D eigenvalue weighted by molar-refractivity contribution is 5.71. The zero-order valence-electron chi connectivity index (χ0n) is 39.9. The third-order valence-corrected chi connectivity index (χ3v) is 10.7. The van der Waals surface area contributed by atoms with E-state index in [1.807, 2.05) is 0 Å². The first-order valence-corrected chi connectivity index (χ1v) is 25.4. The van der Waals surface area contributed by atoms with Crippen molar-refractivity contribution < 1.29 is 28.6 Å². The number of carbonyl (C=O) groups excluding carboxylic acids is 3. The number of esters is 3. The molecule has 0 heterocycles. The van der Waals surface area contributed by atoms with Gasteiger partial charge in [0, 0.05) is 19.3 Å². The van der Waals surface area contributed by atoms with Gasteiger partial charge >= 0.3 is 17.9 Å². The highest BCUT2D eigenvalue weighted by atomic mass is 16.6. The summed E-state index contributed by atoms with van der Waals surface area (Å²) in [5.41, 5.74) is 0. The van der Waals surface area contributed by atoms with E-state index in [1.54, 1.807) is 0 Å². The van der Waals surface area contributed by atoms with E-state index in [1.165, 1.54) is 89.9 Å². The topological polar surface area (TPSA) is 78.9 Å². The van der Waals surface area contributed by atoms with Crippen molar-refractivity contribution in [2.24, 2.45) is 0 Å². The second kappa shape index (κ2) is 49.5. The van der Waals surface area contributed by atoms with Gasteiger partial charge in [-0.2, -0.15) is 0 Å². The van der Waals surface area contributed by atoms with Gasteiger partial charge in [0.2, 0.25) is 0 Å². The van der Waals surface area contributed by atoms with Gasteiger partial charge in [-0.15, -0.1) is 0 Å². The number of carbonyl (C=O) groups is 3. The van der Waals surface area contributed by atoms with Crippen molar-refractivity contribution in [1.82, 2.24) is 0 Å². The first-order valence-electron chi connectivity index (χ1n) is 25.4. The van der Waals surface area contributed by atoms with Crippen molar-refractivity contribution in [3.05, 3.63) is 72.9 Å². The third-order valence-electron chi connectivity index (χ3n) is 10.7. The first kappa shape index (κ1) is 57.9. The molecule has 6 nitrogen and oxygen atoms in total. The summed E-state index contributed by atoms with van der Waals surface area (Å²) >= 11 is 0. The molecule has 0 spiro atoms. The molecule has 1 atom stereocenters. The maximum Gasteiger partial charge on any atom is 0.306 e. The summed E-state index contributed by atoms with van der Waals surface area (Å²) in [6, 6.07) is 0. The summed E-state index contributed by atoms with van der Waals surface area (Å²) in [6.07, 6.45) is 61.8. The van der Waals surface area contributed by atoms with Crippen LogP contribution in [0.15, 0.2) is 72.9 Å². The first-order chi connectivity index (χ1) is 30.0. The van der Waals surface area contributed by atoms with Gasteiger partial charge in [0.05, 0.1) is 0 Å². The summed E-state index contributed by atoms with van der Waals surface area (Å²) in [6.45, 7) is 6.44. The number of rotatable bonds is 45. The molecule has 350 valence electrons. The van der Waals surface area contributed by atoms with E-state index in [-0.39, 0.29) is 31.1 Å². The molecule has 0 fully saturated rings. The van der Waals surface area contributed by atoms with Gasteiger partial charge in [-0.25, -0.2) is 0 Å². The fraction of sp³-hybridized carbons (Fsp3) is 0.727. The molecule has 0 radical (unpaired) electrons. The molecule has 6 heteroatoms. The van der Waals surface area contributed by atoms with Gasteiger partial charge in [0.1, 0.15) is 13.2 Å². The Morgan fingerprint density at radius 3 is 1.07 bits per heavy atom. The lowest BCUT2D eigenvalue weighted by atomic mass is 10.1. The highest BCUT2D eigenvalue weighted by Gasteiger charge is 2.19. The van der Waals surface area contributed by atoms with E-state index in [0.717, 1.165) is 109 Å². The van der Waals surface area contributed by atoms with Crippen LogP contribution >= 0.6 is 0 Å². The molecule has 0 saturated carbocycles. The molecule has 0 saturated heterocycles. The van der Waals surface area contributed by atoms with Crippen LogP contribution in [-0.2, 0) is 28.6 Å². The van der Waals surface area contributed by atoms with Crippen LogP contribution < -0.4 is 0 Å². The fourth-order valence-corrected chi connectivity index (χ4v) is 6.86. The average molecular weight is 851 g/mol. The van der Waals surface area contributed by atoms with E-state index in [9.17, 15) is 14.4 Å². The van der Waals surface area contributed by atoms with Crippen LogP contribution in [0.1, 0.15) is 239 Å². The van der Waals surface area contributed by atoms with Gasteiger partial charge in [0.15, 0.2) is 6.10 Å². The summed E-state index contributed by atoms with van der Waals surface area (Å²) in [5, 5.41) is 0. The van der Waals surface area contributed by atoms with Crippen LogP contribution in [0.25, 0.3) is 0 Å². The van der Waals surface area contributed by atoms with Crippen LogP contribution in [0.2, 0.25) is 0 Å². The molecule has 0 aromatic heterocycles. The molecule has 0 N–H and O–H groups in total. The molecule has 0 aromatic carbocycles. The highest BCUT2D eigenvalue weighted by Crippen LogP contribution is 2.14. The van der Waals surface area contributed by atoms with E-state index >= 15 is 0 Å². The summed E-state index contributed by atoms with van der Waals surface area (Å²) in [4.78, 5) is 37.8. The third kappa shape index (κ3) is 47.7. The van der Waals surface area contributed by atoms with Crippen molar-refractivity contribution in [2.75, 3.05) is 13.2 Å². The monoisotopic (exact) mass is 851 g/mol. The van der Waals surface area contributed by atoms with Crippen molar-refractivity contribution in [3.63, 3.8) is 0 Å². The van der Waals surface area contributed by atoms with Gasteiger partial charge in [0.25, 0.3) is 0 Å². The Balaban J connectivity index is 4.27. The molecule has 1 unspecified atom stereocenters. The van der Waals surface area contributed by atoms with E-state index in [2.05, 4.69) is 93.7 Å². The largest absolute Gasteiger partial charge is 0.462 e. The Morgan fingerprint density at radius 2 is 0.656 bits per heavy atom. The maximum atomic E-state index is 12.7. The van der Waals surface area contributed by atoms with E-state index in [4.69, 9.17) is 14.2 Å². The summed E-state index contributed by atoms with van der Waals surface area (Å²) in [7, 11) is 0. The molecular weight excluding hydrogens is 757 g/mol. The SMILES string of the molecule is CC/C=C\C/C=C\C/C=C\C/C=C\C/C=C\CCCCCCCCCC(=O)OCC(COC(=O)CCCCCCCCCCC)OC(=O)CCCCCCC/C=C\CCCC. The summed E-state index contributed by atoms with van der Waals surface area (Å²) < 4.78 is 16.7. The standard InChI is InChI=1S/C55H94O6/c1-4-7-10-13-16-19-21-22-23-24-25-26-27-28-29-30-31-32-34-36-39-42-45-48-54(57)60-51-52(50-59-53(56)47-44-41-38-35-18-15-12-9-6-3)61-55(58)49-46-43-40-37-33-20-17-14-11-8-5-2/h7,10,14,16-17,19,22-23,25-26,28-29,52H,4-6,8-9,11-13,15,18,20-21,24,27,30-51H2,1-3H3/b10-7-,17-14-,19-16-,23-22-,26-25-,29-28-. The van der Waals surface area contributed by atoms with Crippen LogP contribution in [0, 0.1) is 0 Å². The number of allylic oxidation sites excluding steroid dienone is 12. The number of unbranched alkanes of at least 4 members (excludes halogenated alkanes) is 22. The van der Waals surface area contributed by atoms with Crippen molar-refractivity contribution in [3.8, 4) is 0 Å². The van der Waals surface area contributed by atoms with E-state index in [0.29, 0.717) is 19.3 Å². The normalized spacial score (nSPS) is 12.6. The number of hydrogen-bond acceptors (Lipinski definition) is 6. The Morgan fingerprint density at radius 1 is 0.344 bits per heavy atom. The van der Waals surface area contributed by atoms with Crippen LogP contribution in [-0.4, -0.2) is 37.2 Å². The molecule has 0 aliphatic rings. The maximum absolute atomic E-state index is 12.7. The Hall–Kier alpha value is -3.15. The van der Waals surface area contributed by atoms with Gasteiger partial charge in [-0.3, -0.25) is 14.4 Å². The molecule has 0 bridgehead atoms. The zero-order chi connectivity index (χ0) is 44.4.